The van der Waals surface area contributed by atoms with Crippen LogP contribution in [0.4, 0.5) is 5.69 Å². The highest BCUT2D eigenvalue weighted by atomic mass is 35.5. The lowest BCUT2D eigenvalue weighted by Gasteiger charge is -2.19. The Morgan fingerprint density at radius 3 is 3.08 bits per heavy atom. The van der Waals surface area contributed by atoms with Gasteiger partial charge in [-0.15, -0.1) is 0 Å². The van der Waals surface area contributed by atoms with Crippen molar-refractivity contribution in [1.82, 2.24) is 0 Å². The molecule has 0 saturated carbocycles. The van der Waals surface area contributed by atoms with Gasteiger partial charge in [-0.1, -0.05) is 11.6 Å². The largest absolute Gasteiger partial charge is 0.497 e. The van der Waals surface area contributed by atoms with Gasteiger partial charge < -0.3 is 10.1 Å². The molecular formula is C10H12ClNO. The van der Waals surface area contributed by atoms with Gasteiger partial charge >= 0.3 is 0 Å². The molecule has 1 N–H and O–H groups in total. The van der Waals surface area contributed by atoms with E-state index in [0.717, 1.165) is 35.8 Å². The first-order valence-corrected chi connectivity index (χ1v) is 4.79. The molecule has 0 saturated heterocycles. The van der Waals surface area contributed by atoms with Gasteiger partial charge in [0.25, 0.3) is 0 Å². The highest BCUT2D eigenvalue weighted by Crippen LogP contribution is 2.33. The number of halogens is 1. The predicted octanol–water partition coefficient (Wildman–Crippen LogP) is 2.71. The van der Waals surface area contributed by atoms with Crippen LogP contribution in [0.1, 0.15) is 12.0 Å². The molecule has 1 heterocycles. The number of rotatable bonds is 1. The minimum absolute atomic E-state index is 0.807. The molecule has 3 heteroatoms. The second kappa shape index (κ2) is 3.46. The maximum Gasteiger partial charge on any atom is 0.122 e. The zero-order valence-corrected chi connectivity index (χ0v) is 8.32. The van der Waals surface area contributed by atoms with Crippen LogP contribution in [-0.4, -0.2) is 13.7 Å². The van der Waals surface area contributed by atoms with Crippen LogP contribution in [0.2, 0.25) is 5.02 Å². The molecular weight excluding hydrogens is 186 g/mol. The molecule has 70 valence electrons. The first-order chi connectivity index (χ1) is 6.31. The molecule has 13 heavy (non-hydrogen) atoms. The Bertz CT molecular complexity index is 325. The number of methoxy groups -OCH3 is 1. The lowest BCUT2D eigenvalue weighted by atomic mass is 10.0. The Balaban J connectivity index is 2.47. The smallest absolute Gasteiger partial charge is 0.122 e. The highest BCUT2D eigenvalue weighted by Gasteiger charge is 2.13. The van der Waals surface area contributed by atoms with E-state index >= 15 is 0 Å². The van der Waals surface area contributed by atoms with E-state index in [1.807, 2.05) is 12.1 Å². The molecule has 0 radical (unpaired) electrons. The van der Waals surface area contributed by atoms with Gasteiger partial charge in [0, 0.05) is 23.3 Å². The van der Waals surface area contributed by atoms with Crippen molar-refractivity contribution in [2.75, 3.05) is 19.0 Å². The molecule has 0 fully saturated rings. The Labute approximate surface area is 82.9 Å². The second-order valence-corrected chi connectivity index (χ2v) is 3.57. The molecule has 1 aromatic carbocycles. The van der Waals surface area contributed by atoms with Gasteiger partial charge in [-0.3, -0.25) is 0 Å². The summed E-state index contributed by atoms with van der Waals surface area (Å²) in [6.45, 7) is 1.02. The average molecular weight is 198 g/mol. The highest BCUT2D eigenvalue weighted by molar-refractivity contribution is 6.32. The number of nitrogens with one attached hydrogen (secondary N) is 1. The number of ether oxygens (including phenoxy) is 1. The van der Waals surface area contributed by atoms with Crippen LogP contribution in [0, 0.1) is 0 Å². The molecule has 0 aliphatic carbocycles. The molecule has 1 aromatic rings. The van der Waals surface area contributed by atoms with Crippen molar-refractivity contribution in [3.05, 3.63) is 22.7 Å². The van der Waals surface area contributed by atoms with E-state index in [1.54, 1.807) is 7.11 Å². The predicted molar refractivity (Wildman–Crippen MR) is 54.8 cm³/mol. The third kappa shape index (κ3) is 1.59. The van der Waals surface area contributed by atoms with E-state index in [1.165, 1.54) is 5.56 Å². The van der Waals surface area contributed by atoms with Gasteiger partial charge in [0.2, 0.25) is 0 Å². The maximum absolute atomic E-state index is 6.11. The van der Waals surface area contributed by atoms with E-state index in [2.05, 4.69) is 5.32 Å². The van der Waals surface area contributed by atoms with Gasteiger partial charge in [0.1, 0.15) is 5.75 Å². The van der Waals surface area contributed by atoms with Crippen LogP contribution in [0.3, 0.4) is 0 Å². The molecule has 0 atom stereocenters. The molecule has 0 spiro atoms. The molecule has 0 aromatic heterocycles. The fourth-order valence-corrected chi connectivity index (χ4v) is 1.93. The average Bonchev–Trinajstić information content (AvgIpc) is 2.18. The summed E-state index contributed by atoms with van der Waals surface area (Å²) in [4.78, 5) is 0. The van der Waals surface area contributed by atoms with Crippen LogP contribution < -0.4 is 10.1 Å². The summed E-state index contributed by atoms with van der Waals surface area (Å²) in [7, 11) is 1.65. The zero-order valence-electron chi connectivity index (χ0n) is 7.56. The Kier molecular flexibility index (Phi) is 2.32. The van der Waals surface area contributed by atoms with E-state index in [9.17, 15) is 0 Å². The number of fused-ring (bicyclic) bond motifs is 1. The van der Waals surface area contributed by atoms with Crippen LogP contribution >= 0.6 is 11.6 Å². The van der Waals surface area contributed by atoms with E-state index < -0.39 is 0 Å². The van der Waals surface area contributed by atoms with Crippen LogP contribution in [0.25, 0.3) is 0 Å². The first-order valence-electron chi connectivity index (χ1n) is 4.41. The lowest BCUT2D eigenvalue weighted by Crippen LogP contribution is -2.12. The third-order valence-electron chi connectivity index (χ3n) is 2.32. The quantitative estimate of drug-likeness (QED) is 0.748. The molecule has 1 aliphatic rings. The van der Waals surface area contributed by atoms with Crippen molar-refractivity contribution < 1.29 is 4.74 Å². The maximum atomic E-state index is 6.11. The monoisotopic (exact) mass is 197 g/mol. The minimum Gasteiger partial charge on any atom is -0.497 e. The van der Waals surface area contributed by atoms with Crippen molar-refractivity contribution in [1.29, 1.82) is 0 Å². The lowest BCUT2D eigenvalue weighted by molar-refractivity contribution is 0.415. The summed E-state index contributed by atoms with van der Waals surface area (Å²) in [6.07, 6.45) is 2.21. The van der Waals surface area contributed by atoms with E-state index in [0.29, 0.717) is 0 Å². The summed E-state index contributed by atoms with van der Waals surface area (Å²) in [6, 6.07) is 3.87. The first kappa shape index (κ1) is 8.70. The van der Waals surface area contributed by atoms with Gasteiger partial charge in [-0.05, 0) is 24.5 Å². The molecule has 2 rings (SSSR count). The van der Waals surface area contributed by atoms with Crippen LogP contribution in [-0.2, 0) is 6.42 Å². The van der Waals surface area contributed by atoms with Crippen LogP contribution in [0.15, 0.2) is 12.1 Å². The van der Waals surface area contributed by atoms with Crippen molar-refractivity contribution in [3.63, 3.8) is 0 Å². The van der Waals surface area contributed by atoms with Gasteiger partial charge in [-0.2, -0.15) is 0 Å². The fraction of sp³-hybridized carbons (Fsp3) is 0.400. The van der Waals surface area contributed by atoms with Crippen LogP contribution in [0.5, 0.6) is 5.75 Å². The molecule has 1 aliphatic heterocycles. The molecule has 2 nitrogen and oxygen atoms in total. The summed E-state index contributed by atoms with van der Waals surface area (Å²) in [5, 5.41) is 4.12. The SMILES string of the molecule is COc1cc(Cl)c2c(c1)NCCC2. The number of anilines is 1. The fourth-order valence-electron chi connectivity index (χ4n) is 1.63. The molecule has 0 bridgehead atoms. The van der Waals surface area contributed by atoms with E-state index in [-0.39, 0.29) is 0 Å². The normalized spacial score (nSPS) is 14.6. The second-order valence-electron chi connectivity index (χ2n) is 3.17. The number of hydrogen-bond donors (Lipinski definition) is 1. The number of hydrogen-bond acceptors (Lipinski definition) is 2. The van der Waals surface area contributed by atoms with Crippen molar-refractivity contribution >= 4 is 17.3 Å². The minimum atomic E-state index is 0.807. The van der Waals surface area contributed by atoms with Gasteiger partial charge in [-0.25, -0.2) is 0 Å². The zero-order chi connectivity index (χ0) is 9.26. The number of benzene rings is 1. The van der Waals surface area contributed by atoms with E-state index in [4.69, 9.17) is 16.3 Å². The molecule has 0 amide bonds. The van der Waals surface area contributed by atoms with Crippen molar-refractivity contribution in [2.24, 2.45) is 0 Å². The van der Waals surface area contributed by atoms with Gasteiger partial charge in [0.05, 0.1) is 7.11 Å². The summed E-state index contributed by atoms with van der Waals surface area (Å²) >= 11 is 6.11. The Morgan fingerprint density at radius 1 is 1.46 bits per heavy atom. The molecule has 0 unspecified atom stereocenters. The summed E-state index contributed by atoms with van der Waals surface area (Å²) in [5.41, 5.74) is 2.34. The standard InChI is InChI=1S/C10H12ClNO/c1-13-7-5-9(11)8-3-2-4-12-10(8)6-7/h5-6,12H,2-4H2,1H3. The van der Waals surface area contributed by atoms with Crippen molar-refractivity contribution in [3.8, 4) is 5.75 Å². The summed E-state index contributed by atoms with van der Waals surface area (Å²) < 4.78 is 5.14. The Hall–Kier alpha value is -0.890. The third-order valence-corrected chi connectivity index (χ3v) is 2.66. The topological polar surface area (TPSA) is 21.3 Å². The Morgan fingerprint density at radius 2 is 2.31 bits per heavy atom. The van der Waals surface area contributed by atoms with Gasteiger partial charge in [0.15, 0.2) is 0 Å². The van der Waals surface area contributed by atoms with Crippen molar-refractivity contribution in [2.45, 2.75) is 12.8 Å². The summed E-state index contributed by atoms with van der Waals surface area (Å²) in [5.74, 6) is 0.818.